The number of carbonyl (C=O) groups excluding carboxylic acids is 2. The van der Waals surface area contributed by atoms with E-state index in [-0.39, 0.29) is 36.0 Å². The van der Waals surface area contributed by atoms with Gasteiger partial charge in [0, 0.05) is 11.8 Å². The predicted octanol–water partition coefficient (Wildman–Crippen LogP) is 5.04. The van der Waals surface area contributed by atoms with Crippen molar-refractivity contribution in [2.24, 2.45) is 11.8 Å². The summed E-state index contributed by atoms with van der Waals surface area (Å²) in [6, 6.07) is 18.1. The van der Waals surface area contributed by atoms with Crippen LogP contribution in [0.4, 0.5) is 0 Å². The van der Waals surface area contributed by atoms with Crippen molar-refractivity contribution in [2.75, 3.05) is 0 Å². The van der Waals surface area contributed by atoms with E-state index in [4.69, 9.17) is 9.47 Å². The van der Waals surface area contributed by atoms with E-state index < -0.39 is 0 Å². The first kappa shape index (κ1) is 18.7. The molecule has 0 spiro atoms. The van der Waals surface area contributed by atoms with Crippen LogP contribution in [0.3, 0.4) is 0 Å². The minimum absolute atomic E-state index is 0.256. The maximum Gasteiger partial charge on any atom is 0.338 e. The second kappa shape index (κ2) is 8.59. The third kappa shape index (κ3) is 4.11. The second-order valence-corrected chi connectivity index (χ2v) is 7.87. The molecule has 4 atom stereocenters. The van der Waals surface area contributed by atoms with Gasteiger partial charge in [0.25, 0.3) is 0 Å². The fraction of sp³-hybridized carbons (Fsp3) is 0.417. The maximum atomic E-state index is 12.7. The van der Waals surface area contributed by atoms with Crippen LogP contribution in [0.25, 0.3) is 0 Å². The Hall–Kier alpha value is -2.62. The summed E-state index contributed by atoms with van der Waals surface area (Å²) < 4.78 is 11.9. The number of rotatable bonds is 4. The summed E-state index contributed by atoms with van der Waals surface area (Å²) in [7, 11) is 0. The molecule has 28 heavy (non-hydrogen) atoms. The standard InChI is InChI=1S/C24H26O4/c25-23(17-10-4-1-5-11-17)27-21-19-14-8-3-9-15-20(16-19)22(21)28-24(26)18-12-6-2-7-13-18/h1-2,4-7,10-13,19-22H,3,8-9,14-16H2. The number of hydrogen-bond donors (Lipinski definition) is 0. The Morgan fingerprint density at radius 3 is 1.50 bits per heavy atom. The lowest BCUT2D eigenvalue weighted by molar-refractivity contribution is -0.0450. The van der Waals surface area contributed by atoms with Gasteiger partial charge in [-0.15, -0.1) is 0 Å². The molecule has 2 saturated carbocycles. The largest absolute Gasteiger partial charge is 0.455 e. The van der Waals surface area contributed by atoms with E-state index in [0.717, 1.165) is 32.1 Å². The molecule has 0 heterocycles. The molecule has 0 amide bonds. The Bertz CT molecular complexity index is 734. The highest BCUT2D eigenvalue weighted by molar-refractivity contribution is 5.90. The Morgan fingerprint density at radius 2 is 1.07 bits per heavy atom. The molecule has 0 aliphatic heterocycles. The maximum absolute atomic E-state index is 12.7. The molecule has 0 aromatic heterocycles. The van der Waals surface area contributed by atoms with Crippen molar-refractivity contribution in [1.29, 1.82) is 0 Å². The van der Waals surface area contributed by atoms with Gasteiger partial charge in [-0.25, -0.2) is 9.59 Å². The summed E-state index contributed by atoms with van der Waals surface area (Å²) in [5.41, 5.74) is 1.07. The Labute approximate surface area is 165 Å². The normalized spacial score (nSPS) is 26.7. The summed E-state index contributed by atoms with van der Waals surface area (Å²) in [6.07, 6.45) is 5.70. The molecule has 4 rings (SSSR count). The summed E-state index contributed by atoms with van der Waals surface area (Å²) in [4.78, 5) is 25.4. The molecular weight excluding hydrogens is 352 g/mol. The van der Waals surface area contributed by atoms with Crippen LogP contribution in [0.5, 0.6) is 0 Å². The van der Waals surface area contributed by atoms with E-state index in [2.05, 4.69) is 0 Å². The van der Waals surface area contributed by atoms with Gasteiger partial charge in [0.15, 0.2) is 0 Å². The number of carbonyl (C=O) groups is 2. The quantitative estimate of drug-likeness (QED) is 0.700. The molecule has 4 unspecified atom stereocenters. The van der Waals surface area contributed by atoms with Crippen molar-refractivity contribution < 1.29 is 19.1 Å². The van der Waals surface area contributed by atoms with Gasteiger partial charge >= 0.3 is 11.9 Å². The first-order valence-corrected chi connectivity index (χ1v) is 10.2. The molecule has 0 saturated heterocycles. The van der Waals surface area contributed by atoms with Gasteiger partial charge in [0.1, 0.15) is 12.2 Å². The molecule has 2 fully saturated rings. The Balaban J connectivity index is 1.55. The third-order valence-electron chi connectivity index (χ3n) is 6.01. The molecule has 4 nitrogen and oxygen atoms in total. The summed E-state index contributed by atoms with van der Waals surface area (Å²) in [6.45, 7) is 0. The van der Waals surface area contributed by atoms with Crippen LogP contribution < -0.4 is 0 Å². The van der Waals surface area contributed by atoms with Crippen LogP contribution >= 0.6 is 0 Å². The zero-order valence-corrected chi connectivity index (χ0v) is 16.0. The van der Waals surface area contributed by atoms with Gasteiger partial charge in [-0.1, -0.05) is 55.7 Å². The summed E-state index contributed by atoms with van der Waals surface area (Å²) in [5, 5.41) is 0. The van der Waals surface area contributed by atoms with Crippen LogP contribution in [-0.2, 0) is 9.47 Å². The lowest BCUT2D eigenvalue weighted by atomic mass is 9.91. The van der Waals surface area contributed by atoms with Crippen molar-refractivity contribution in [3.05, 3.63) is 71.8 Å². The number of esters is 2. The van der Waals surface area contributed by atoms with Gasteiger partial charge in [0.05, 0.1) is 11.1 Å². The third-order valence-corrected chi connectivity index (χ3v) is 6.01. The number of ether oxygens (including phenoxy) is 2. The van der Waals surface area contributed by atoms with Crippen LogP contribution in [-0.4, -0.2) is 24.1 Å². The lowest BCUT2D eigenvalue weighted by Crippen LogP contribution is -2.37. The molecule has 2 aromatic carbocycles. The van der Waals surface area contributed by atoms with Gasteiger partial charge < -0.3 is 9.47 Å². The van der Waals surface area contributed by atoms with Gasteiger partial charge in [-0.05, 0) is 43.5 Å². The van der Waals surface area contributed by atoms with E-state index >= 15 is 0 Å². The topological polar surface area (TPSA) is 52.6 Å². The highest BCUT2D eigenvalue weighted by atomic mass is 16.6. The van der Waals surface area contributed by atoms with Crippen molar-refractivity contribution in [2.45, 2.75) is 50.7 Å². The monoisotopic (exact) mass is 378 g/mol. The van der Waals surface area contributed by atoms with E-state index in [1.165, 1.54) is 6.42 Å². The van der Waals surface area contributed by atoms with Crippen molar-refractivity contribution >= 4 is 11.9 Å². The molecule has 0 radical (unpaired) electrons. The Morgan fingerprint density at radius 1 is 0.643 bits per heavy atom. The molecule has 4 heteroatoms. The van der Waals surface area contributed by atoms with Crippen LogP contribution in [0.1, 0.15) is 59.2 Å². The van der Waals surface area contributed by atoms with Crippen molar-refractivity contribution in [3.8, 4) is 0 Å². The minimum Gasteiger partial charge on any atom is -0.455 e. The van der Waals surface area contributed by atoms with Gasteiger partial charge in [-0.2, -0.15) is 0 Å². The average molecular weight is 378 g/mol. The number of benzene rings is 2. The van der Waals surface area contributed by atoms with E-state index in [1.54, 1.807) is 24.3 Å². The molecule has 2 aromatic rings. The van der Waals surface area contributed by atoms with Gasteiger partial charge in [-0.3, -0.25) is 0 Å². The number of fused-ring (bicyclic) bond motifs is 2. The second-order valence-electron chi connectivity index (χ2n) is 7.87. The predicted molar refractivity (Wildman–Crippen MR) is 106 cm³/mol. The van der Waals surface area contributed by atoms with E-state index in [1.807, 2.05) is 36.4 Å². The van der Waals surface area contributed by atoms with Crippen LogP contribution in [0, 0.1) is 11.8 Å². The van der Waals surface area contributed by atoms with Crippen LogP contribution in [0.2, 0.25) is 0 Å². The zero-order chi connectivity index (χ0) is 19.3. The van der Waals surface area contributed by atoms with Crippen molar-refractivity contribution in [3.63, 3.8) is 0 Å². The lowest BCUT2D eigenvalue weighted by Gasteiger charge is -2.26. The van der Waals surface area contributed by atoms with Crippen molar-refractivity contribution in [1.82, 2.24) is 0 Å². The average Bonchev–Trinajstić information content (AvgIpc) is 3.06. The fourth-order valence-electron chi connectivity index (χ4n) is 4.61. The summed E-state index contributed by atoms with van der Waals surface area (Å²) >= 11 is 0. The molecule has 0 N–H and O–H groups in total. The molecular formula is C24H26O4. The van der Waals surface area contributed by atoms with E-state index in [9.17, 15) is 9.59 Å². The first-order valence-electron chi connectivity index (χ1n) is 10.2. The number of hydrogen-bond acceptors (Lipinski definition) is 4. The fourth-order valence-corrected chi connectivity index (χ4v) is 4.61. The highest BCUT2D eigenvalue weighted by Gasteiger charge is 2.48. The summed E-state index contributed by atoms with van der Waals surface area (Å²) in [5.74, 6) is -0.161. The highest BCUT2D eigenvalue weighted by Crippen LogP contribution is 2.43. The molecule has 2 bridgehead atoms. The van der Waals surface area contributed by atoms with Crippen LogP contribution in [0.15, 0.2) is 60.7 Å². The van der Waals surface area contributed by atoms with Gasteiger partial charge in [0.2, 0.25) is 0 Å². The first-order chi connectivity index (χ1) is 13.7. The molecule has 2 aliphatic carbocycles. The zero-order valence-electron chi connectivity index (χ0n) is 16.0. The molecule has 146 valence electrons. The SMILES string of the molecule is O=C(OC1C2CCCCCC(C2)C1OC(=O)c1ccccc1)c1ccccc1. The molecule has 2 aliphatic rings. The Kier molecular flexibility index (Phi) is 5.75. The minimum atomic E-state index is -0.372. The smallest absolute Gasteiger partial charge is 0.338 e. The van der Waals surface area contributed by atoms with E-state index in [0.29, 0.717) is 11.1 Å².